The number of nitrogens with zero attached hydrogens (tertiary/aromatic N) is 7. The van der Waals surface area contributed by atoms with Crippen LogP contribution in [0.2, 0.25) is 0 Å². The van der Waals surface area contributed by atoms with E-state index in [2.05, 4.69) is 30.3 Å². The van der Waals surface area contributed by atoms with Crippen LogP contribution in [0.25, 0.3) is 17.1 Å². The average molecular weight is 824 g/mol. The number of hydrogen-bond donors (Lipinski definition) is 6. The molecule has 6 N–H and O–H groups in total. The lowest BCUT2D eigenvalue weighted by molar-refractivity contribution is -0.141. The van der Waals surface area contributed by atoms with Crippen molar-refractivity contribution < 1.29 is 43.5 Å². The summed E-state index contributed by atoms with van der Waals surface area (Å²) in [6.07, 6.45) is -4.32. The van der Waals surface area contributed by atoms with Crippen molar-refractivity contribution in [3.8, 4) is 28.6 Å². The third-order valence-corrected chi connectivity index (χ3v) is 11.2. The van der Waals surface area contributed by atoms with Gasteiger partial charge in [-0.2, -0.15) is 18.9 Å². The molecule has 18 nitrogen and oxygen atoms in total. The van der Waals surface area contributed by atoms with Crippen molar-refractivity contribution >= 4 is 17.6 Å². The van der Waals surface area contributed by atoms with E-state index in [4.69, 9.17) is 4.74 Å². The molecule has 59 heavy (non-hydrogen) atoms. The fraction of sp³-hybridized carbons (Fsp3) is 0.487. The minimum absolute atomic E-state index is 0.0270. The topological polar surface area (TPSA) is 232 Å². The van der Waals surface area contributed by atoms with Gasteiger partial charge in [0.2, 0.25) is 18.0 Å². The van der Waals surface area contributed by atoms with Gasteiger partial charge in [-0.15, -0.1) is 0 Å². The summed E-state index contributed by atoms with van der Waals surface area (Å²) in [5.41, 5.74) is 0.903. The number of phenolic OH excluding ortho intramolecular Hbond substituents is 2. The summed E-state index contributed by atoms with van der Waals surface area (Å²) in [6.45, 7) is 7.44. The molecule has 0 bridgehead atoms. The number of phenols is 2. The summed E-state index contributed by atoms with van der Waals surface area (Å²) in [6, 6.07) is 11.5. The number of benzene rings is 2. The number of nitrogens with one attached hydrogen (secondary N) is 2. The van der Waals surface area contributed by atoms with Crippen LogP contribution >= 0.6 is 0 Å². The van der Waals surface area contributed by atoms with Crippen molar-refractivity contribution in [2.24, 2.45) is 5.92 Å². The molecule has 0 radical (unpaired) electrons. The Morgan fingerprint density at radius 2 is 1.66 bits per heavy atom. The SMILES string of the molecule is CC(C)c1cc(-c2n[nH]c(=O)n2-c2ccc(CN3CCN(CC(=O)N4CCC(C(=O)Nc5ccn(C6OC(CO)C(O)C6(F)F)c(=O)n5)CC4)CC3)cc2)c(O)cc1O. The number of aromatic amines is 1. The molecule has 3 atom stereocenters. The number of piperazine rings is 1. The number of aromatic hydroxyl groups is 2. The molecule has 3 aliphatic rings. The molecule has 20 heteroatoms. The molecule has 3 unspecified atom stereocenters. The molecule has 3 aliphatic heterocycles. The van der Waals surface area contributed by atoms with Crippen LogP contribution in [0.3, 0.4) is 0 Å². The van der Waals surface area contributed by atoms with Crippen molar-refractivity contribution in [2.75, 3.05) is 57.7 Å². The summed E-state index contributed by atoms with van der Waals surface area (Å²) in [7, 11) is 0. The van der Waals surface area contributed by atoms with Crippen molar-refractivity contribution in [3.05, 3.63) is 80.8 Å². The quantitative estimate of drug-likeness (QED) is 0.125. The van der Waals surface area contributed by atoms with Gasteiger partial charge in [0, 0.05) is 64.0 Å². The molecular formula is C39H47F2N9O9. The molecular weight excluding hydrogens is 776 g/mol. The lowest BCUT2D eigenvalue weighted by Crippen LogP contribution is -2.51. The van der Waals surface area contributed by atoms with Gasteiger partial charge in [-0.25, -0.2) is 19.3 Å². The molecule has 2 aromatic heterocycles. The highest BCUT2D eigenvalue weighted by Gasteiger charge is 2.59. The summed E-state index contributed by atoms with van der Waals surface area (Å²) < 4.78 is 35.9. The Hall–Kier alpha value is -5.54. The molecule has 7 rings (SSSR count). The summed E-state index contributed by atoms with van der Waals surface area (Å²) in [4.78, 5) is 61.4. The summed E-state index contributed by atoms with van der Waals surface area (Å²) >= 11 is 0. The van der Waals surface area contributed by atoms with Gasteiger partial charge in [0.1, 0.15) is 23.4 Å². The van der Waals surface area contributed by atoms with Crippen LogP contribution in [0.5, 0.6) is 11.5 Å². The first-order valence-electron chi connectivity index (χ1n) is 19.4. The van der Waals surface area contributed by atoms with E-state index in [1.165, 1.54) is 16.7 Å². The molecule has 4 aromatic rings. The Bertz CT molecular complexity index is 2280. The number of likely N-dealkylation sites (tertiary alicyclic amines) is 1. The first kappa shape index (κ1) is 41.6. The number of carbonyl (C=O) groups is 2. The van der Waals surface area contributed by atoms with Crippen LogP contribution in [0, 0.1) is 5.92 Å². The number of aromatic nitrogens is 5. The number of amides is 2. The Morgan fingerprint density at radius 1 is 0.983 bits per heavy atom. The predicted molar refractivity (Wildman–Crippen MR) is 207 cm³/mol. The van der Waals surface area contributed by atoms with Crippen LogP contribution in [0.4, 0.5) is 14.6 Å². The number of H-pyrrole nitrogens is 1. The van der Waals surface area contributed by atoms with E-state index < -0.39 is 54.2 Å². The summed E-state index contributed by atoms with van der Waals surface area (Å²) in [5, 5.41) is 49.0. The number of halogens is 2. The third-order valence-electron chi connectivity index (χ3n) is 11.2. The van der Waals surface area contributed by atoms with E-state index in [1.807, 2.05) is 38.1 Å². The Balaban J connectivity index is 0.860. The number of ether oxygens (including phenoxy) is 1. The normalized spacial score (nSPS) is 21.6. The molecule has 0 saturated carbocycles. The van der Waals surface area contributed by atoms with Crippen LogP contribution in [-0.4, -0.2) is 142 Å². The maximum absolute atomic E-state index is 14.5. The number of piperidine rings is 1. The van der Waals surface area contributed by atoms with E-state index in [0.717, 1.165) is 24.8 Å². The molecule has 3 fully saturated rings. The molecule has 316 valence electrons. The van der Waals surface area contributed by atoms with Gasteiger partial charge in [-0.3, -0.25) is 24.0 Å². The van der Waals surface area contributed by atoms with Crippen LogP contribution < -0.4 is 16.7 Å². The van der Waals surface area contributed by atoms with Crippen LogP contribution in [0.1, 0.15) is 50.0 Å². The van der Waals surface area contributed by atoms with Crippen molar-refractivity contribution in [2.45, 2.75) is 63.5 Å². The van der Waals surface area contributed by atoms with Crippen molar-refractivity contribution in [1.29, 1.82) is 0 Å². The minimum atomic E-state index is -3.86. The second kappa shape index (κ2) is 17.0. The highest BCUT2D eigenvalue weighted by atomic mass is 19.3. The van der Waals surface area contributed by atoms with Gasteiger partial charge in [-0.1, -0.05) is 26.0 Å². The fourth-order valence-corrected chi connectivity index (χ4v) is 7.76. The number of carbonyl (C=O) groups excluding carboxylic acids is 2. The van der Waals surface area contributed by atoms with Crippen LogP contribution in [0.15, 0.2) is 58.3 Å². The van der Waals surface area contributed by atoms with Gasteiger partial charge in [0.05, 0.1) is 24.4 Å². The molecule has 2 aromatic carbocycles. The summed E-state index contributed by atoms with van der Waals surface area (Å²) in [5.74, 6) is -4.96. The first-order chi connectivity index (χ1) is 28.1. The lowest BCUT2D eigenvalue weighted by atomic mass is 9.96. The van der Waals surface area contributed by atoms with Gasteiger partial charge in [-0.05, 0) is 54.2 Å². The van der Waals surface area contributed by atoms with E-state index in [1.54, 1.807) is 11.0 Å². The zero-order chi connectivity index (χ0) is 42.2. The second-order valence-corrected chi connectivity index (χ2v) is 15.5. The Morgan fingerprint density at radius 3 is 2.29 bits per heavy atom. The molecule has 0 spiro atoms. The van der Waals surface area contributed by atoms with Gasteiger partial charge >= 0.3 is 17.3 Å². The smallest absolute Gasteiger partial charge is 0.351 e. The number of aliphatic hydroxyl groups is 2. The van der Waals surface area contributed by atoms with Crippen molar-refractivity contribution in [3.63, 3.8) is 0 Å². The molecule has 5 heterocycles. The first-order valence-corrected chi connectivity index (χ1v) is 19.4. The number of rotatable bonds is 11. The van der Waals surface area contributed by atoms with Crippen LogP contribution in [-0.2, 0) is 20.9 Å². The largest absolute Gasteiger partial charge is 0.508 e. The maximum Gasteiger partial charge on any atom is 0.351 e. The van der Waals surface area contributed by atoms with Crippen molar-refractivity contribution in [1.82, 2.24) is 39.0 Å². The second-order valence-electron chi connectivity index (χ2n) is 15.5. The van der Waals surface area contributed by atoms with Gasteiger partial charge in [0.25, 0.3) is 0 Å². The number of alkyl halides is 2. The highest BCUT2D eigenvalue weighted by Crippen LogP contribution is 2.42. The zero-order valence-electron chi connectivity index (χ0n) is 32.5. The average Bonchev–Trinajstić information content (AvgIpc) is 3.70. The van der Waals surface area contributed by atoms with Gasteiger partial charge < -0.3 is 35.4 Å². The number of aliphatic hydroxyl groups excluding tert-OH is 2. The van der Waals surface area contributed by atoms with E-state index in [-0.39, 0.29) is 41.5 Å². The minimum Gasteiger partial charge on any atom is -0.508 e. The molecule has 2 amide bonds. The van der Waals surface area contributed by atoms with E-state index >= 15 is 0 Å². The zero-order valence-corrected chi connectivity index (χ0v) is 32.5. The predicted octanol–water partition coefficient (Wildman–Crippen LogP) is 1.20. The number of anilines is 1. The highest BCUT2D eigenvalue weighted by molar-refractivity contribution is 5.91. The lowest BCUT2D eigenvalue weighted by Gasteiger charge is -2.37. The fourth-order valence-electron chi connectivity index (χ4n) is 7.76. The Labute approximate surface area is 336 Å². The molecule has 3 saturated heterocycles. The molecule has 0 aliphatic carbocycles. The van der Waals surface area contributed by atoms with E-state index in [9.17, 15) is 48.4 Å². The Kier molecular flexibility index (Phi) is 12.0. The standard InChI is InChI=1S/C39H47F2N9O9/c1-22(2)26-17-27(29(53)18-28(26)52)34-44-45-38(58)50(34)25-5-3-23(4-6-25)19-46-13-15-47(16-14-46)20-32(54)48-10-7-24(8-11-48)35(56)42-31-9-12-49(37(57)43-31)36-39(40,41)33(55)30(21-51)59-36/h3-6,9,12,17-18,22,24,30,33,36,51-53,55H,7-8,10-11,13-16,19-21H2,1-2H3,(H,45,58)(H,42,43,56,57). The maximum atomic E-state index is 14.5. The third kappa shape index (κ3) is 8.62. The van der Waals surface area contributed by atoms with Gasteiger partial charge in [0.15, 0.2) is 11.9 Å². The monoisotopic (exact) mass is 823 g/mol. The number of hydrogen-bond acceptors (Lipinski definition) is 13. The van der Waals surface area contributed by atoms with E-state index in [0.29, 0.717) is 66.9 Å².